The highest BCUT2D eigenvalue weighted by atomic mass is 16.8. The number of hydrogen-bond acceptors (Lipinski definition) is 11. The van der Waals surface area contributed by atoms with Crippen molar-refractivity contribution in [2.75, 3.05) is 70.1 Å². The molecule has 0 aliphatic carbocycles. The summed E-state index contributed by atoms with van der Waals surface area (Å²) in [6.45, 7) is 0.540. The Kier molecular flexibility index (Phi) is 11.5. The molecule has 0 N–H and O–H groups in total. The molecule has 2 aliphatic rings. The molecule has 2 fully saturated rings. The van der Waals surface area contributed by atoms with Gasteiger partial charge in [0.2, 0.25) is 0 Å². The van der Waals surface area contributed by atoms with Crippen molar-refractivity contribution < 1.29 is 52.1 Å². The first-order chi connectivity index (χ1) is 15.0. The van der Waals surface area contributed by atoms with Crippen LogP contribution in [0.2, 0.25) is 0 Å². The molecule has 2 saturated heterocycles. The quantitative estimate of drug-likeness (QED) is 0.393. The lowest BCUT2D eigenvalue weighted by Crippen LogP contribution is -2.66. The third-order valence-electron chi connectivity index (χ3n) is 5.73. The Morgan fingerprint density at radius 1 is 0.452 bits per heavy atom. The number of methoxy groups -OCH3 is 8. The van der Waals surface area contributed by atoms with E-state index in [1.807, 2.05) is 0 Å². The van der Waals surface area contributed by atoms with Gasteiger partial charge in [-0.05, 0) is 0 Å². The minimum Gasteiger partial charge on any atom is -0.382 e. The van der Waals surface area contributed by atoms with Gasteiger partial charge < -0.3 is 52.1 Å². The van der Waals surface area contributed by atoms with Gasteiger partial charge in [0.05, 0.1) is 13.2 Å². The van der Waals surface area contributed by atoms with Crippen LogP contribution < -0.4 is 0 Å². The zero-order chi connectivity index (χ0) is 23.0. The van der Waals surface area contributed by atoms with Crippen LogP contribution in [0.5, 0.6) is 0 Å². The first kappa shape index (κ1) is 26.8. The van der Waals surface area contributed by atoms with Crippen molar-refractivity contribution >= 4 is 0 Å². The predicted octanol–water partition coefficient (Wildman–Crippen LogP) is -0.164. The van der Waals surface area contributed by atoms with E-state index < -0.39 is 61.4 Å². The van der Waals surface area contributed by atoms with Crippen molar-refractivity contribution in [2.45, 2.75) is 61.4 Å². The fourth-order valence-corrected chi connectivity index (χ4v) is 4.29. The molecule has 0 radical (unpaired) electrons. The van der Waals surface area contributed by atoms with Crippen molar-refractivity contribution in [1.29, 1.82) is 0 Å². The van der Waals surface area contributed by atoms with Gasteiger partial charge in [0.25, 0.3) is 0 Å². The first-order valence-corrected chi connectivity index (χ1v) is 10.2. The Labute approximate surface area is 184 Å². The van der Waals surface area contributed by atoms with E-state index in [-0.39, 0.29) is 13.2 Å². The van der Waals surface area contributed by atoms with Gasteiger partial charge in [0.1, 0.15) is 48.8 Å². The molecular weight excluding hydrogens is 416 g/mol. The van der Waals surface area contributed by atoms with E-state index in [0.717, 1.165) is 0 Å². The van der Waals surface area contributed by atoms with Gasteiger partial charge >= 0.3 is 0 Å². The van der Waals surface area contributed by atoms with Gasteiger partial charge in [-0.15, -0.1) is 0 Å². The molecule has 0 aromatic heterocycles. The molecule has 0 aromatic carbocycles. The minimum atomic E-state index is -0.816. The topological polar surface area (TPSA) is 102 Å². The van der Waals surface area contributed by atoms with Crippen molar-refractivity contribution in [3.63, 3.8) is 0 Å². The number of ether oxygens (including phenoxy) is 11. The van der Waals surface area contributed by atoms with Crippen LogP contribution in [-0.2, 0) is 52.1 Å². The van der Waals surface area contributed by atoms with Crippen molar-refractivity contribution in [2.24, 2.45) is 0 Å². The molecule has 4 unspecified atom stereocenters. The average molecular weight is 455 g/mol. The van der Waals surface area contributed by atoms with Crippen LogP contribution in [0.15, 0.2) is 0 Å². The molecule has 11 nitrogen and oxygen atoms in total. The van der Waals surface area contributed by atoms with Gasteiger partial charge in [0.15, 0.2) is 12.6 Å². The molecule has 2 aliphatic heterocycles. The summed E-state index contributed by atoms with van der Waals surface area (Å²) < 4.78 is 63.2. The maximum Gasteiger partial charge on any atom is 0.187 e. The molecular formula is C20H38O11. The molecule has 0 amide bonds. The standard InChI is InChI=1S/C20H38O11/c1-21-9-11-13(23-3)15(24-4)18(27-7)20(30-11)31-14-12(10-22-2)29-19(28-8)17(26-6)16(14)25-5/h11-20H,9-10H2,1-8H3/t11?,12-,13+,14+,15-,16?,17?,18?,19+,20-/m0/s1. The molecule has 0 spiro atoms. The lowest BCUT2D eigenvalue weighted by molar-refractivity contribution is -0.365. The van der Waals surface area contributed by atoms with Crippen molar-refractivity contribution in [1.82, 2.24) is 0 Å². The Morgan fingerprint density at radius 2 is 0.871 bits per heavy atom. The highest BCUT2D eigenvalue weighted by Crippen LogP contribution is 2.33. The second-order valence-electron chi connectivity index (χ2n) is 7.33. The zero-order valence-electron chi connectivity index (χ0n) is 19.7. The Hall–Kier alpha value is -0.440. The summed E-state index contributed by atoms with van der Waals surface area (Å²) in [5.41, 5.74) is 0. The molecule has 2 heterocycles. The van der Waals surface area contributed by atoms with E-state index in [1.165, 1.54) is 0 Å². The van der Waals surface area contributed by atoms with E-state index in [0.29, 0.717) is 0 Å². The first-order valence-electron chi connectivity index (χ1n) is 10.2. The predicted molar refractivity (Wildman–Crippen MR) is 107 cm³/mol. The second kappa shape index (κ2) is 13.3. The van der Waals surface area contributed by atoms with E-state index in [1.54, 1.807) is 56.9 Å². The van der Waals surface area contributed by atoms with E-state index in [9.17, 15) is 0 Å². The summed E-state index contributed by atoms with van der Waals surface area (Å²) in [5.74, 6) is 0. The van der Waals surface area contributed by atoms with E-state index >= 15 is 0 Å². The second-order valence-corrected chi connectivity index (χ2v) is 7.33. The summed E-state index contributed by atoms with van der Waals surface area (Å²) in [5, 5.41) is 0. The molecule has 184 valence electrons. The Balaban J connectivity index is 2.32. The van der Waals surface area contributed by atoms with Gasteiger partial charge in [-0.1, -0.05) is 0 Å². The monoisotopic (exact) mass is 454 g/mol. The Bertz CT molecular complexity index is 496. The summed E-state index contributed by atoms with van der Waals surface area (Å²) >= 11 is 0. The van der Waals surface area contributed by atoms with Crippen molar-refractivity contribution in [3.05, 3.63) is 0 Å². The summed E-state index contributed by atoms with van der Waals surface area (Å²) in [4.78, 5) is 0. The number of rotatable bonds is 12. The average Bonchev–Trinajstić information content (AvgIpc) is 2.79. The van der Waals surface area contributed by atoms with Crippen LogP contribution in [0.25, 0.3) is 0 Å². The van der Waals surface area contributed by atoms with Crippen LogP contribution in [0, 0.1) is 0 Å². The smallest absolute Gasteiger partial charge is 0.187 e. The van der Waals surface area contributed by atoms with Gasteiger partial charge in [-0.2, -0.15) is 0 Å². The van der Waals surface area contributed by atoms with Gasteiger partial charge in [-0.25, -0.2) is 0 Å². The summed E-state index contributed by atoms with van der Waals surface area (Å²) in [6.07, 6.45) is -5.50. The lowest BCUT2D eigenvalue weighted by Gasteiger charge is -2.49. The lowest BCUT2D eigenvalue weighted by atomic mass is 9.96. The van der Waals surface area contributed by atoms with Crippen LogP contribution in [-0.4, -0.2) is 132 Å². The fraction of sp³-hybridized carbons (Fsp3) is 1.00. The highest BCUT2D eigenvalue weighted by Gasteiger charge is 2.53. The normalized spacial score (nSPS) is 41.4. The summed E-state index contributed by atoms with van der Waals surface area (Å²) in [6, 6.07) is 0. The molecule has 2 rings (SSSR count). The van der Waals surface area contributed by atoms with Crippen LogP contribution >= 0.6 is 0 Å². The molecule has 0 bridgehead atoms. The molecule has 10 atom stereocenters. The zero-order valence-corrected chi connectivity index (χ0v) is 19.7. The van der Waals surface area contributed by atoms with Crippen LogP contribution in [0.1, 0.15) is 0 Å². The molecule has 11 heteroatoms. The SMILES string of the molecule is COCC1O[C@@H](O[C@H]2C(OC)C(OC)[C@H](OC)O[C@H]2COC)C(OC)[C@@H](OC)[C@@H]1OC. The van der Waals surface area contributed by atoms with Crippen LogP contribution in [0.3, 0.4) is 0 Å². The fourth-order valence-electron chi connectivity index (χ4n) is 4.29. The van der Waals surface area contributed by atoms with E-state index in [2.05, 4.69) is 0 Å². The van der Waals surface area contributed by atoms with Gasteiger partial charge in [0, 0.05) is 56.9 Å². The highest BCUT2D eigenvalue weighted by molar-refractivity contribution is 4.96. The maximum atomic E-state index is 6.43. The van der Waals surface area contributed by atoms with Crippen molar-refractivity contribution in [3.8, 4) is 0 Å². The third kappa shape index (κ3) is 5.92. The Morgan fingerprint density at radius 3 is 1.32 bits per heavy atom. The molecule has 31 heavy (non-hydrogen) atoms. The third-order valence-corrected chi connectivity index (χ3v) is 5.73. The van der Waals surface area contributed by atoms with Gasteiger partial charge in [-0.3, -0.25) is 0 Å². The largest absolute Gasteiger partial charge is 0.382 e. The molecule has 0 saturated carbocycles. The minimum absolute atomic E-state index is 0.251. The maximum absolute atomic E-state index is 6.43. The van der Waals surface area contributed by atoms with E-state index in [4.69, 9.17) is 52.1 Å². The van der Waals surface area contributed by atoms with Crippen LogP contribution in [0.4, 0.5) is 0 Å². The number of hydrogen-bond donors (Lipinski definition) is 0. The summed E-state index contributed by atoms with van der Waals surface area (Å²) in [7, 11) is 12.6. The molecule has 0 aromatic rings.